The van der Waals surface area contributed by atoms with E-state index in [0.29, 0.717) is 5.02 Å². The van der Waals surface area contributed by atoms with Crippen molar-refractivity contribution in [2.45, 2.75) is 29.3 Å². The molecule has 0 aliphatic rings. The van der Waals surface area contributed by atoms with Gasteiger partial charge in [-0.3, -0.25) is 0 Å². The molecule has 94 valence electrons. The summed E-state index contributed by atoms with van der Waals surface area (Å²) in [6, 6.07) is 11.9. The van der Waals surface area contributed by atoms with Crippen LogP contribution in [0.2, 0.25) is 5.02 Å². The van der Waals surface area contributed by atoms with Crippen molar-refractivity contribution in [1.29, 1.82) is 0 Å². The topological polar surface area (TPSA) is 38.9 Å². The molecule has 2 aromatic rings. The molecule has 0 saturated carbocycles. The Balaban J connectivity index is 2.32. The van der Waals surface area contributed by atoms with E-state index in [1.165, 1.54) is 0 Å². The molecule has 2 nitrogen and oxygen atoms in total. The van der Waals surface area contributed by atoms with Gasteiger partial charge >= 0.3 is 0 Å². The standard InChI is InChI=1S/C14H15ClN2S/c1-2-12(16)10-6-3-4-8-13(10)18-14-11(15)7-5-9-17-14/h3-9,12H,2,16H2,1H3. The maximum Gasteiger partial charge on any atom is 0.119 e. The number of hydrogen-bond donors (Lipinski definition) is 1. The first kappa shape index (κ1) is 13.4. The number of pyridine rings is 1. The SMILES string of the molecule is CCC(N)c1ccccc1Sc1ncccc1Cl. The predicted molar refractivity (Wildman–Crippen MR) is 77.0 cm³/mol. The lowest BCUT2D eigenvalue weighted by atomic mass is 10.1. The van der Waals surface area contributed by atoms with Gasteiger partial charge in [0.1, 0.15) is 5.03 Å². The van der Waals surface area contributed by atoms with E-state index in [-0.39, 0.29) is 6.04 Å². The summed E-state index contributed by atoms with van der Waals surface area (Å²) in [6.45, 7) is 2.08. The molecule has 1 heterocycles. The molecule has 0 spiro atoms. The predicted octanol–water partition coefficient (Wildman–Crippen LogP) is 4.30. The third-order valence-electron chi connectivity index (χ3n) is 2.69. The molecule has 4 heteroatoms. The second-order valence-electron chi connectivity index (χ2n) is 3.95. The fourth-order valence-electron chi connectivity index (χ4n) is 1.65. The van der Waals surface area contributed by atoms with Crippen LogP contribution in [0.3, 0.4) is 0 Å². The van der Waals surface area contributed by atoms with Gasteiger partial charge in [-0.25, -0.2) is 4.98 Å². The van der Waals surface area contributed by atoms with E-state index in [0.717, 1.165) is 21.9 Å². The molecule has 2 N–H and O–H groups in total. The second-order valence-corrected chi connectivity index (χ2v) is 5.38. The number of halogens is 1. The summed E-state index contributed by atoms with van der Waals surface area (Å²) < 4.78 is 0. The molecule has 0 amide bonds. The van der Waals surface area contributed by atoms with E-state index >= 15 is 0 Å². The first-order chi connectivity index (χ1) is 8.72. The minimum Gasteiger partial charge on any atom is -0.324 e. The van der Waals surface area contributed by atoms with Crippen molar-refractivity contribution >= 4 is 23.4 Å². The third kappa shape index (κ3) is 3.05. The highest BCUT2D eigenvalue weighted by atomic mass is 35.5. The normalized spacial score (nSPS) is 12.4. The van der Waals surface area contributed by atoms with Gasteiger partial charge in [0.2, 0.25) is 0 Å². The van der Waals surface area contributed by atoms with Crippen LogP contribution in [-0.4, -0.2) is 4.98 Å². The Kier molecular flexibility index (Phi) is 4.64. The Hall–Kier alpha value is -1.03. The summed E-state index contributed by atoms with van der Waals surface area (Å²) in [7, 11) is 0. The second kappa shape index (κ2) is 6.23. The highest BCUT2D eigenvalue weighted by molar-refractivity contribution is 7.99. The van der Waals surface area contributed by atoms with Crippen LogP contribution in [-0.2, 0) is 0 Å². The summed E-state index contributed by atoms with van der Waals surface area (Å²) >= 11 is 7.69. The van der Waals surface area contributed by atoms with Gasteiger partial charge in [0.15, 0.2) is 0 Å². The summed E-state index contributed by atoms with van der Waals surface area (Å²) in [5, 5.41) is 1.48. The minimum absolute atomic E-state index is 0.0520. The lowest BCUT2D eigenvalue weighted by molar-refractivity contribution is 0.685. The van der Waals surface area contributed by atoms with Crippen molar-refractivity contribution in [3.8, 4) is 0 Å². The van der Waals surface area contributed by atoms with Crippen LogP contribution in [0.25, 0.3) is 0 Å². The Morgan fingerprint density at radius 1 is 1.28 bits per heavy atom. The molecular formula is C14H15ClN2S. The van der Waals surface area contributed by atoms with Gasteiger partial charge < -0.3 is 5.73 Å². The molecule has 0 aliphatic heterocycles. The van der Waals surface area contributed by atoms with Gasteiger partial charge in [0.05, 0.1) is 5.02 Å². The summed E-state index contributed by atoms with van der Waals surface area (Å²) in [6.07, 6.45) is 2.66. The smallest absolute Gasteiger partial charge is 0.119 e. The monoisotopic (exact) mass is 278 g/mol. The first-order valence-corrected chi connectivity index (χ1v) is 7.04. The quantitative estimate of drug-likeness (QED) is 0.906. The molecule has 18 heavy (non-hydrogen) atoms. The van der Waals surface area contributed by atoms with E-state index in [4.69, 9.17) is 17.3 Å². The van der Waals surface area contributed by atoms with Crippen molar-refractivity contribution in [1.82, 2.24) is 4.98 Å². The summed E-state index contributed by atoms with van der Waals surface area (Å²) in [4.78, 5) is 5.41. The molecule has 0 saturated heterocycles. The molecular weight excluding hydrogens is 264 g/mol. The van der Waals surface area contributed by atoms with Gasteiger partial charge in [-0.15, -0.1) is 0 Å². The van der Waals surface area contributed by atoms with Crippen LogP contribution in [0.1, 0.15) is 24.9 Å². The molecule has 1 aromatic heterocycles. The highest BCUT2D eigenvalue weighted by Gasteiger charge is 2.11. The van der Waals surface area contributed by atoms with Gasteiger partial charge in [-0.1, -0.05) is 48.5 Å². The Labute approximate surface area is 117 Å². The van der Waals surface area contributed by atoms with Crippen molar-refractivity contribution in [2.24, 2.45) is 5.73 Å². The molecule has 2 rings (SSSR count). The van der Waals surface area contributed by atoms with Gasteiger partial charge in [0.25, 0.3) is 0 Å². The molecule has 0 fully saturated rings. The summed E-state index contributed by atoms with van der Waals surface area (Å²) in [5.74, 6) is 0. The zero-order valence-corrected chi connectivity index (χ0v) is 11.7. The number of rotatable bonds is 4. The first-order valence-electron chi connectivity index (χ1n) is 5.85. The zero-order chi connectivity index (χ0) is 13.0. The highest BCUT2D eigenvalue weighted by Crippen LogP contribution is 2.35. The van der Waals surface area contributed by atoms with Crippen LogP contribution in [0.5, 0.6) is 0 Å². The van der Waals surface area contributed by atoms with Crippen LogP contribution in [0, 0.1) is 0 Å². The molecule has 1 aromatic carbocycles. The molecule has 1 atom stereocenters. The van der Waals surface area contributed by atoms with Gasteiger partial charge in [-0.05, 0) is 30.2 Å². The Morgan fingerprint density at radius 3 is 2.78 bits per heavy atom. The molecule has 0 bridgehead atoms. The number of benzene rings is 1. The molecule has 0 aliphatic carbocycles. The largest absolute Gasteiger partial charge is 0.324 e. The fraction of sp³-hybridized carbons (Fsp3) is 0.214. The van der Waals surface area contributed by atoms with E-state index in [1.54, 1.807) is 18.0 Å². The van der Waals surface area contributed by atoms with Gasteiger partial charge in [0, 0.05) is 17.1 Å². The lowest BCUT2D eigenvalue weighted by Gasteiger charge is -2.14. The van der Waals surface area contributed by atoms with Crippen LogP contribution >= 0.6 is 23.4 Å². The Bertz CT molecular complexity index is 531. The Morgan fingerprint density at radius 2 is 2.06 bits per heavy atom. The molecule has 0 radical (unpaired) electrons. The number of nitrogens with two attached hydrogens (primary N) is 1. The van der Waals surface area contributed by atoms with Crippen LogP contribution < -0.4 is 5.73 Å². The number of hydrogen-bond acceptors (Lipinski definition) is 3. The fourth-order valence-corrected chi connectivity index (χ4v) is 2.86. The molecule has 1 unspecified atom stereocenters. The average Bonchev–Trinajstić information content (AvgIpc) is 2.41. The van der Waals surface area contributed by atoms with E-state index in [1.807, 2.05) is 24.3 Å². The maximum atomic E-state index is 6.13. The van der Waals surface area contributed by atoms with Crippen molar-refractivity contribution in [3.63, 3.8) is 0 Å². The minimum atomic E-state index is 0.0520. The summed E-state index contributed by atoms with van der Waals surface area (Å²) in [5.41, 5.74) is 7.27. The van der Waals surface area contributed by atoms with E-state index < -0.39 is 0 Å². The lowest BCUT2D eigenvalue weighted by Crippen LogP contribution is -2.09. The third-order valence-corrected chi connectivity index (χ3v) is 4.22. The number of nitrogens with zero attached hydrogens (tertiary/aromatic N) is 1. The zero-order valence-electron chi connectivity index (χ0n) is 10.1. The number of aromatic nitrogens is 1. The van der Waals surface area contributed by atoms with Gasteiger partial charge in [-0.2, -0.15) is 0 Å². The van der Waals surface area contributed by atoms with Crippen molar-refractivity contribution in [3.05, 3.63) is 53.2 Å². The van der Waals surface area contributed by atoms with Crippen LogP contribution in [0.4, 0.5) is 0 Å². The van der Waals surface area contributed by atoms with E-state index in [2.05, 4.69) is 24.0 Å². The van der Waals surface area contributed by atoms with Crippen molar-refractivity contribution < 1.29 is 0 Å². The average molecular weight is 279 g/mol. The van der Waals surface area contributed by atoms with Crippen LogP contribution in [0.15, 0.2) is 52.5 Å². The van der Waals surface area contributed by atoms with E-state index in [9.17, 15) is 0 Å². The van der Waals surface area contributed by atoms with Crippen molar-refractivity contribution in [2.75, 3.05) is 0 Å². The maximum absolute atomic E-state index is 6.13.